The number of carbonyl (C=O) groups excluding carboxylic acids is 1. The van der Waals surface area contributed by atoms with Crippen LogP contribution in [0.3, 0.4) is 0 Å². The predicted molar refractivity (Wildman–Crippen MR) is 108 cm³/mol. The number of hydrogen-bond acceptors (Lipinski definition) is 5. The Morgan fingerprint density at radius 3 is 2.42 bits per heavy atom. The fourth-order valence-electron chi connectivity index (χ4n) is 2.51. The summed E-state index contributed by atoms with van der Waals surface area (Å²) in [5.74, 6) is -0.253. The largest absolute Gasteiger partial charge is 0.383 e. The molecule has 1 aromatic heterocycles. The molecule has 0 fully saturated rings. The van der Waals surface area contributed by atoms with Gasteiger partial charge in [0.2, 0.25) is 10.0 Å². The van der Waals surface area contributed by atoms with Gasteiger partial charge in [0, 0.05) is 19.6 Å². The second kappa shape index (κ2) is 9.16. The lowest BCUT2D eigenvalue weighted by Crippen LogP contribution is -2.30. The smallest absolute Gasteiger partial charge is 0.265 e. The van der Waals surface area contributed by atoms with E-state index in [0.717, 1.165) is 13.0 Å². The van der Waals surface area contributed by atoms with Gasteiger partial charge in [0.05, 0.1) is 21.1 Å². The molecule has 26 heavy (non-hydrogen) atoms. The third-order valence-corrected chi connectivity index (χ3v) is 6.81. The summed E-state index contributed by atoms with van der Waals surface area (Å²) >= 11 is 1.34. The van der Waals surface area contributed by atoms with Gasteiger partial charge in [-0.25, -0.2) is 8.42 Å². The van der Waals surface area contributed by atoms with Crippen LogP contribution in [0.1, 0.15) is 36.9 Å². The van der Waals surface area contributed by atoms with E-state index >= 15 is 0 Å². The number of rotatable bonds is 9. The molecule has 0 aliphatic rings. The van der Waals surface area contributed by atoms with E-state index in [1.807, 2.05) is 12.3 Å². The zero-order valence-electron chi connectivity index (χ0n) is 15.3. The minimum Gasteiger partial charge on any atom is -0.383 e. The van der Waals surface area contributed by atoms with E-state index in [4.69, 9.17) is 0 Å². The molecular formula is C18H25N3O3S2. The van der Waals surface area contributed by atoms with Crippen LogP contribution in [0.25, 0.3) is 0 Å². The minimum atomic E-state index is -3.59. The van der Waals surface area contributed by atoms with Crippen molar-refractivity contribution in [1.82, 2.24) is 4.31 Å². The van der Waals surface area contributed by atoms with E-state index in [0.29, 0.717) is 29.3 Å². The van der Waals surface area contributed by atoms with Crippen molar-refractivity contribution in [1.29, 1.82) is 0 Å². The molecule has 8 heteroatoms. The van der Waals surface area contributed by atoms with Crippen molar-refractivity contribution >= 4 is 38.6 Å². The van der Waals surface area contributed by atoms with E-state index in [2.05, 4.69) is 10.6 Å². The van der Waals surface area contributed by atoms with Crippen LogP contribution < -0.4 is 10.6 Å². The molecule has 6 nitrogen and oxygen atoms in total. The molecule has 142 valence electrons. The average molecular weight is 396 g/mol. The van der Waals surface area contributed by atoms with Crippen LogP contribution in [0.2, 0.25) is 0 Å². The summed E-state index contributed by atoms with van der Waals surface area (Å²) in [5.41, 5.74) is 1.17. The van der Waals surface area contributed by atoms with Crippen LogP contribution in [-0.2, 0) is 10.0 Å². The van der Waals surface area contributed by atoms with Gasteiger partial charge in [-0.3, -0.25) is 4.79 Å². The van der Waals surface area contributed by atoms with Crippen molar-refractivity contribution in [3.63, 3.8) is 0 Å². The number of anilines is 2. The predicted octanol–water partition coefficient (Wildman–Crippen LogP) is 3.85. The summed E-state index contributed by atoms with van der Waals surface area (Å²) in [6, 6.07) is 8.34. The van der Waals surface area contributed by atoms with Gasteiger partial charge in [0.25, 0.3) is 5.91 Å². The van der Waals surface area contributed by atoms with Gasteiger partial charge in [-0.05, 0) is 36.1 Å². The molecule has 1 heterocycles. The molecule has 0 bridgehead atoms. The van der Waals surface area contributed by atoms with Crippen molar-refractivity contribution in [3.05, 3.63) is 40.6 Å². The second-order valence-electron chi connectivity index (χ2n) is 5.65. The third kappa shape index (κ3) is 4.63. The number of thiophene rings is 1. The van der Waals surface area contributed by atoms with Gasteiger partial charge in [0.1, 0.15) is 0 Å². The number of nitrogens with zero attached hydrogens (tertiary/aromatic N) is 1. The molecule has 0 saturated carbocycles. The summed E-state index contributed by atoms with van der Waals surface area (Å²) < 4.78 is 27.0. The van der Waals surface area contributed by atoms with E-state index < -0.39 is 10.0 Å². The van der Waals surface area contributed by atoms with Crippen LogP contribution in [0.5, 0.6) is 0 Å². The maximum absolute atomic E-state index is 12.8. The van der Waals surface area contributed by atoms with Crippen LogP contribution in [0.4, 0.5) is 11.4 Å². The van der Waals surface area contributed by atoms with Gasteiger partial charge in [-0.1, -0.05) is 26.8 Å². The first-order chi connectivity index (χ1) is 12.4. The number of hydrogen-bond donors (Lipinski definition) is 2. The molecule has 0 aliphatic carbocycles. The second-order valence-corrected chi connectivity index (χ2v) is 8.54. The lowest BCUT2D eigenvalue weighted by atomic mass is 10.2. The molecule has 2 aromatic rings. The van der Waals surface area contributed by atoms with Crippen molar-refractivity contribution in [2.75, 3.05) is 30.3 Å². The van der Waals surface area contributed by atoms with Gasteiger partial charge >= 0.3 is 0 Å². The molecule has 0 spiro atoms. The molecule has 0 unspecified atom stereocenters. The maximum atomic E-state index is 12.8. The lowest BCUT2D eigenvalue weighted by molar-refractivity contribution is 0.103. The SMILES string of the molecule is CCCNc1ccc(S(=O)(=O)N(CC)CC)cc1NC(=O)c1cccs1. The Morgan fingerprint density at radius 2 is 1.85 bits per heavy atom. The Bertz CT molecular complexity index is 829. The molecule has 0 radical (unpaired) electrons. The highest BCUT2D eigenvalue weighted by Gasteiger charge is 2.23. The normalized spacial score (nSPS) is 11.5. The summed E-state index contributed by atoms with van der Waals surface area (Å²) in [5, 5.41) is 7.89. The molecule has 2 rings (SSSR count). The van der Waals surface area contributed by atoms with Crippen molar-refractivity contribution in [3.8, 4) is 0 Å². The van der Waals surface area contributed by atoms with E-state index in [-0.39, 0.29) is 10.8 Å². The molecule has 1 aromatic carbocycles. The number of amides is 1. The van der Waals surface area contributed by atoms with Crippen molar-refractivity contribution in [2.24, 2.45) is 0 Å². The highest BCUT2D eigenvalue weighted by Crippen LogP contribution is 2.28. The molecule has 0 atom stereocenters. The van der Waals surface area contributed by atoms with Gasteiger partial charge in [0.15, 0.2) is 0 Å². The number of nitrogens with one attached hydrogen (secondary N) is 2. The summed E-state index contributed by atoms with van der Waals surface area (Å²) in [7, 11) is -3.59. The quantitative estimate of drug-likeness (QED) is 0.676. The molecule has 0 aliphatic heterocycles. The molecule has 0 saturated heterocycles. The lowest BCUT2D eigenvalue weighted by Gasteiger charge is -2.20. The minimum absolute atomic E-state index is 0.171. The van der Waals surface area contributed by atoms with Crippen LogP contribution in [-0.4, -0.2) is 38.3 Å². The highest BCUT2D eigenvalue weighted by atomic mass is 32.2. The summed E-state index contributed by atoms with van der Waals surface area (Å²) in [6.45, 7) is 7.16. The summed E-state index contributed by atoms with van der Waals surface area (Å²) in [4.78, 5) is 13.2. The highest BCUT2D eigenvalue weighted by molar-refractivity contribution is 7.89. The Kier molecular flexibility index (Phi) is 7.19. The number of sulfonamides is 1. The topological polar surface area (TPSA) is 78.5 Å². The van der Waals surface area contributed by atoms with Gasteiger partial charge in [-0.15, -0.1) is 11.3 Å². The van der Waals surface area contributed by atoms with Crippen LogP contribution in [0.15, 0.2) is 40.6 Å². The van der Waals surface area contributed by atoms with Crippen molar-refractivity contribution < 1.29 is 13.2 Å². The van der Waals surface area contributed by atoms with Crippen LogP contribution in [0, 0.1) is 0 Å². The Morgan fingerprint density at radius 1 is 1.12 bits per heavy atom. The fourth-order valence-corrected chi connectivity index (χ4v) is 4.61. The van der Waals surface area contributed by atoms with E-state index in [1.165, 1.54) is 21.7 Å². The van der Waals surface area contributed by atoms with E-state index in [1.54, 1.807) is 38.1 Å². The molecular weight excluding hydrogens is 370 g/mol. The zero-order valence-corrected chi connectivity index (χ0v) is 16.9. The Balaban J connectivity index is 2.40. The molecule has 1 amide bonds. The third-order valence-electron chi connectivity index (χ3n) is 3.89. The van der Waals surface area contributed by atoms with Crippen molar-refractivity contribution in [2.45, 2.75) is 32.1 Å². The Labute approximate surface area is 159 Å². The van der Waals surface area contributed by atoms with Gasteiger partial charge < -0.3 is 10.6 Å². The first-order valence-corrected chi connectivity index (χ1v) is 11.0. The first-order valence-electron chi connectivity index (χ1n) is 8.66. The fraction of sp³-hybridized carbons (Fsp3) is 0.389. The Hall–Kier alpha value is -1.90. The first kappa shape index (κ1) is 20.4. The van der Waals surface area contributed by atoms with Gasteiger partial charge in [-0.2, -0.15) is 4.31 Å². The average Bonchev–Trinajstić information content (AvgIpc) is 3.16. The zero-order chi connectivity index (χ0) is 19.2. The monoisotopic (exact) mass is 395 g/mol. The molecule has 2 N–H and O–H groups in total. The standard InChI is InChI=1S/C18H25N3O3S2/c1-4-11-19-15-10-9-14(26(23,24)21(5-2)6-3)13-16(15)20-18(22)17-8-7-12-25-17/h7-10,12-13,19H,4-6,11H2,1-3H3,(H,20,22). The number of benzene rings is 1. The van der Waals surface area contributed by atoms with E-state index in [9.17, 15) is 13.2 Å². The maximum Gasteiger partial charge on any atom is 0.265 e. The summed E-state index contributed by atoms with van der Waals surface area (Å²) in [6.07, 6.45) is 0.914. The van der Waals surface area contributed by atoms with Crippen LogP contribution >= 0.6 is 11.3 Å². The number of carbonyl (C=O) groups is 1.